The van der Waals surface area contributed by atoms with Crippen molar-refractivity contribution in [2.75, 3.05) is 0 Å². The van der Waals surface area contributed by atoms with Gasteiger partial charge in [-0.3, -0.25) is 4.79 Å². The molecule has 0 radical (unpaired) electrons. The standard InChI is InChI=1S/C12H21IO3/c1-4-12(3,13)10(14)16-9-6-5-7-11(2,15)8-9/h9,15H,4-8H2,1-3H3. The molecule has 1 aliphatic rings. The molecular weight excluding hydrogens is 319 g/mol. The van der Waals surface area contributed by atoms with Gasteiger partial charge in [-0.15, -0.1) is 0 Å². The maximum atomic E-state index is 11.9. The van der Waals surface area contributed by atoms with Crippen molar-refractivity contribution in [3.63, 3.8) is 0 Å². The molecule has 0 bridgehead atoms. The van der Waals surface area contributed by atoms with E-state index < -0.39 is 9.02 Å². The molecule has 0 heterocycles. The van der Waals surface area contributed by atoms with Gasteiger partial charge in [0.25, 0.3) is 0 Å². The first kappa shape index (κ1) is 14.2. The molecule has 1 fully saturated rings. The van der Waals surface area contributed by atoms with Gasteiger partial charge in [0, 0.05) is 6.42 Å². The number of rotatable bonds is 3. The van der Waals surface area contributed by atoms with Gasteiger partial charge in [-0.05, 0) is 39.5 Å². The number of carbonyl (C=O) groups excluding carboxylic acids is 1. The fraction of sp³-hybridized carbons (Fsp3) is 0.917. The van der Waals surface area contributed by atoms with E-state index in [-0.39, 0.29) is 12.1 Å². The van der Waals surface area contributed by atoms with Crippen molar-refractivity contribution < 1.29 is 14.6 Å². The summed E-state index contributed by atoms with van der Waals surface area (Å²) < 4.78 is 5.03. The molecule has 0 amide bonds. The van der Waals surface area contributed by atoms with Crippen LogP contribution < -0.4 is 0 Å². The van der Waals surface area contributed by atoms with E-state index in [1.807, 2.05) is 20.8 Å². The summed E-state index contributed by atoms with van der Waals surface area (Å²) in [4.78, 5) is 11.9. The van der Waals surface area contributed by atoms with Gasteiger partial charge in [0.15, 0.2) is 0 Å². The highest BCUT2D eigenvalue weighted by Gasteiger charge is 2.36. The third kappa shape index (κ3) is 3.87. The zero-order valence-corrected chi connectivity index (χ0v) is 12.4. The minimum atomic E-state index is -0.670. The van der Waals surface area contributed by atoms with Gasteiger partial charge in [-0.25, -0.2) is 0 Å². The number of aliphatic hydroxyl groups is 1. The first-order chi connectivity index (χ1) is 7.27. The SMILES string of the molecule is CCC(C)(I)C(=O)OC1CCCC(C)(O)C1. The van der Waals surface area contributed by atoms with Crippen molar-refractivity contribution in [3.8, 4) is 0 Å². The molecule has 0 aromatic heterocycles. The predicted molar refractivity (Wildman–Crippen MR) is 71.7 cm³/mol. The summed E-state index contributed by atoms with van der Waals surface area (Å²) in [6, 6.07) is 0. The lowest BCUT2D eigenvalue weighted by atomic mass is 9.84. The Hall–Kier alpha value is 0.160. The van der Waals surface area contributed by atoms with Crippen LogP contribution in [0.4, 0.5) is 0 Å². The van der Waals surface area contributed by atoms with Crippen LogP contribution in [0.2, 0.25) is 0 Å². The second kappa shape index (κ2) is 5.21. The molecule has 94 valence electrons. The lowest BCUT2D eigenvalue weighted by Gasteiger charge is -2.34. The molecule has 0 aromatic carbocycles. The lowest BCUT2D eigenvalue weighted by Crippen LogP contribution is -2.40. The Kier molecular flexibility index (Phi) is 4.63. The molecule has 1 rings (SSSR count). The van der Waals surface area contributed by atoms with Crippen LogP contribution in [-0.2, 0) is 9.53 Å². The molecule has 3 nitrogen and oxygen atoms in total. The molecule has 3 atom stereocenters. The topological polar surface area (TPSA) is 46.5 Å². The summed E-state index contributed by atoms with van der Waals surface area (Å²) >= 11 is 2.13. The summed E-state index contributed by atoms with van der Waals surface area (Å²) in [5.41, 5.74) is -0.670. The highest BCUT2D eigenvalue weighted by Crippen LogP contribution is 2.32. The molecule has 4 heteroatoms. The van der Waals surface area contributed by atoms with Gasteiger partial charge >= 0.3 is 5.97 Å². The highest BCUT2D eigenvalue weighted by molar-refractivity contribution is 14.1. The summed E-state index contributed by atoms with van der Waals surface area (Å²) in [6.45, 7) is 5.68. The summed E-state index contributed by atoms with van der Waals surface area (Å²) in [5, 5.41) is 9.92. The summed E-state index contributed by atoms with van der Waals surface area (Å²) in [6.07, 6.45) is 3.81. The van der Waals surface area contributed by atoms with Crippen LogP contribution >= 0.6 is 22.6 Å². The second-order valence-electron chi connectivity index (χ2n) is 5.17. The Bertz CT molecular complexity index is 261. The molecule has 3 unspecified atom stereocenters. The van der Waals surface area contributed by atoms with Crippen molar-refractivity contribution in [2.24, 2.45) is 0 Å². The Morgan fingerprint density at radius 2 is 2.31 bits per heavy atom. The minimum absolute atomic E-state index is 0.114. The molecular formula is C12H21IO3. The van der Waals surface area contributed by atoms with E-state index in [0.717, 1.165) is 25.7 Å². The first-order valence-corrected chi connectivity index (χ1v) is 6.97. The fourth-order valence-electron chi connectivity index (χ4n) is 1.92. The van der Waals surface area contributed by atoms with Gasteiger partial charge < -0.3 is 9.84 Å². The van der Waals surface area contributed by atoms with Crippen LogP contribution in [0.5, 0.6) is 0 Å². The van der Waals surface area contributed by atoms with Gasteiger partial charge in [0.1, 0.15) is 9.53 Å². The van der Waals surface area contributed by atoms with E-state index in [1.54, 1.807) is 0 Å². The monoisotopic (exact) mass is 340 g/mol. The number of esters is 1. The van der Waals surface area contributed by atoms with Crippen molar-refractivity contribution in [3.05, 3.63) is 0 Å². The number of hydrogen-bond acceptors (Lipinski definition) is 3. The van der Waals surface area contributed by atoms with Crippen molar-refractivity contribution in [1.82, 2.24) is 0 Å². The van der Waals surface area contributed by atoms with Crippen molar-refractivity contribution in [1.29, 1.82) is 0 Å². The normalized spacial score (nSPS) is 34.2. The van der Waals surface area contributed by atoms with Crippen molar-refractivity contribution in [2.45, 2.75) is 68.0 Å². The smallest absolute Gasteiger partial charge is 0.322 e. The number of alkyl halides is 1. The number of hydrogen-bond donors (Lipinski definition) is 1. The number of carbonyl (C=O) groups is 1. The Balaban J connectivity index is 2.52. The molecule has 0 saturated heterocycles. The molecule has 0 aliphatic heterocycles. The Morgan fingerprint density at radius 3 is 2.81 bits per heavy atom. The third-order valence-electron chi connectivity index (χ3n) is 3.27. The molecule has 1 N–H and O–H groups in total. The first-order valence-electron chi connectivity index (χ1n) is 5.89. The van der Waals surface area contributed by atoms with E-state index in [9.17, 15) is 9.90 Å². The molecule has 1 saturated carbocycles. The Labute approximate surface area is 111 Å². The van der Waals surface area contributed by atoms with Gasteiger partial charge in [0.2, 0.25) is 0 Å². The third-order valence-corrected chi connectivity index (χ3v) is 4.48. The molecule has 1 aliphatic carbocycles. The average Bonchev–Trinajstić information content (AvgIpc) is 2.16. The maximum Gasteiger partial charge on any atom is 0.322 e. The van der Waals surface area contributed by atoms with E-state index in [4.69, 9.17) is 4.74 Å². The lowest BCUT2D eigenvalue weighted by molar-refractivity contribution is -0.156. The zero-order valence-electron chi connectivity index (χ0n) is 10.3. The van der Waals surface area contributed by atoms with Gasteiger partial charge in [-0.2, -0.15) is 0 Å². The second-order valence-corrected chi connectivity index (χ2v) is 7.55. The maximum absolute atomic E-state index is 11.9. The molecule has 0 spiro atoms. The van der Waals surface area contributed by atoms with Crippen molar-refractivity contribution >= 4 is 28.6 Å². The van der Waals surface area contributed by atoms with E-state index in [0.29, 0.717) is 6.42 Å². The van der Waals surface area contributed by atoms with Crippen LogP contribution in [0.3, 0.4) is 0 Å². The van der Waals surface area contributed by atoms with Crippen LogP contribution in [-0.4, -0.2) is 26.2 Å². The van der Waals surface area contributed by atoms with E-state index >= 15 is 0 Å². The fourth-order valence-corrected chi connectivity index (χ4v) is 2.05. The van der Waals surface area contributed by atoms with Crippen LogP contribution in [0.1, 0.15) is 52.9 Å². The molecule has 0 aromatic rings. The minimum Gasteiger partial charge on any atom is -0.461 e. The summed E-state index contributed by atoms with van der Waals surface area (Å²) in [5.74, 6) is -0.154. The van der Waals surface area contributed by atoms with Gasteiger partial charge in [-0.1, -0.05) is 29.5 Å². The number of ether oxygens (including phenoxy) is 1. The quantitative estimate of drug-likeness (QED) is 0.488. The van der Waals surface area contributed by atoms with E-state index in [2.05, 4.69) is 22.6 Å². The van der Waals surface area contributed by atoms with Crippen LogP contribution in [0.25, 0.3) is 0 Å². The summed E-state index contributed by atoms with van der Waals surface area (Å²) in [7, 11) is 0. The Morgan fingerprint density at radius 1 is 1.69 bits per heavy atom. The predicted octanol–water partition coefficient (Wildman–Crippen LogP) is 2.83. The zero-order chi connectivity index (χ0) is 12.4. The van der Waals surface area contributed by atoms with Crippen LogP contribution in [0.15, 0.2) is 0 Å². The van der Waals surface area contributed by atoms with E-state index in [1.165, 1.54) is 0 Å². The number of halogens is 1. The average molecular weight is 340 g/mol. The molecule has 16 heavy (non-hydrogen) atoms. The van der Waals surface area contributed by atoms with Gasteiger partial charge in [0.05, 0.1) is 5.60 Å². The largest absolute Gasteiger partial charge is 0.461 e. The highest BCUT2D eigenvalue weighted by atomic mass is 127. The van der Waals surface area contributed by atoms with Crippen LogP contribution in [0, 0.1) is 0 Å².